The van der Waals surface area contributed by atoms with Crippen LogP contribution in [-0.4, -0.2) is 28.6 Å². The van der Waals surface area contributed by atoms with Gasteiger partial charge in [-0.2, -0.15) is 11.8 Å². The highest BCUT2D eigenvalue weighted by Crippen LogP contribution is 2.12. The molecular formula is C12H17NO2S. The first kappa shape index (κ1) is 13.1. The van der Waals surface area contributed by atoms with Crippen LogP contribution in [0, 0.1) is 0 Å². The van der Waals surface area contributed by atoms with Gasteiger partial charge in [-0.15, -0.1) is 0 Å². The number of aliphatic hydroxyl groups excluding tert-OH is 1. The summed E-state index contributed by atoms with van der Waals surface area (Å²) in [5, 5.41) is 11.8. The molecule has 3 nitrogen and oxygen atoms in total. The maximum absolute atomic E-state index is 11.5. The Morgan fingerprint density at radius 2 is 2.12 bits per heavy atom. The molecule has 0 saturated heterocycles. The van der Waals surface area contributed by atoms with E-state index in [4.69, 9.17) is 5.11 Å². The van der Waals surface area contributed by atoms with Crippen molar-refractivity contribution in [3.05, 3.63) is 30.3 Å². The van der Waals surface area contributed by atoms with E-state index in [9.17, 15) is 4.79 Å². The molecule has 0 radical (unpaired) electrons. The largest absolute Gasteiger partial charge is 0.395 e. The maximum atomic E-state index is 11.5. The first-order valence-electron chi connectivity index (χ1n) is 5.29. The fraction of sp³-hybridized carbons (Fsp3) is 0.417. The van der Waals surface area contributed by atoms with Crippen molar-refractivity contribution in [1.29, 1.82) is 0 Å². The fourth-order valence-electron chi connectivity index (χ4n) is 1.15. The Balaban J connectivity index is 2.21. The van der Waals surface area contributed by atoms with Gasteiger partial charge in [-0.25, -0.2) is 0 Å². The number of rotatable bonds is 6. The van der Waals surface area contributed by atoms with Crippen molar-refractivity contribution in [2.45, 2.75) is 18.6 Å². The van der Waals surface area contributed by atoms with E-state index in [1.54, 1.807) is 11.8 Å². The van der Waals surface area contributed by atoms with E-state index in [2.05, 4.69) is 5.32 Å². The second-order valence-electron chi connectivity index (χ2n) is 3.53. The third-order valence-corrected chi connectivity index (χ3v) is 3.20. The van der Waals surface area contributed by atoms with Gasteiger partial charge >= 0.3 is 0 Å². The van der Waals surface area contributed by atoms with Crippen LogP contribution in [0.2, 0.25) is 0 Å². The van der Waals surface area contributed by atoms with Crippen LogP contribution in [0.25, 0.3) is 0 Å². The number of amides is 1. The molecule has 0 aromatic heterocycles. The van der Waals surface area contributed by atoms with E-state index < -0.39 is 0 Å². The van der Waals surface area contributed by atoms with Crippen LogP contribution in [0.1, 0.15) is 13.3 Å². The predicted molar refractivity (Wildman–Crippen MR) is 68.7 cm³/mol. The first-order chi connectivity index (χ1) is 7.72. The molecule has 0 bridgehead atoms. The normalized spacial score (nSPS) is 12.1. The minimum atomic E-state index is 0.0174. The number of carbonyl (C=O) groups is 1. The summed E-state index contributed by atoms with van der Waals surface area (Å²) in [5.41, 5.74) is 0.827. The van der Waals surface area contributed by atoms with Gasteiger partial charge < -0.3 is 10.4 Å². The van der Waals surface area contributed by atoms with Crippen LogP contribution in [-0.2, 0) is 4.79 Å². The molecule has 0 spiro atoms. The molecule has 0 fully saturated rings. The van der Waals surface area contributed by atoms with E-state index in [1.807, 2.05) is 37.3 Å². The Kier molecular flexibility index (Phi) is 5.96. The lowest BCUT2D eigenvalue weighted by Crippen LogP contribution is -2.13. The van der Waals surface area contributed by atoms with Crippen molar-refractivity contribution < 1.29 is 9.90 Å². The third-order valence-electron chi connectivity index (χ3n) is 2.05. The topological polar surface area (TPSA) is 49.3 Å². The minimum absolute atomic E-state index is 0.0174. The number of hydrogen-bond acceptors (Lipinski definition) is 3. The van der Waals surface area contributed by atoms with Crippen molar-refractivity contribution in [2.75, 3.05) is 17.7 Å². The molecule has 0 aliphatic carbocycles. The highest BCUT2D eigenvalue weighted by Gasteiger charge is 2.04. The molecule has 0 aliphatic rings. The Labute approximate surface area is 100 Å². The maximum Gasteiger partial charge on any atom is 0.225 e. The molecule has 0 heterocycles. The summed E-state index contributed by atoms with van der Waals surface area (Å²) >= 11 is 1.60. The summed E-state index contributed by atoms with van der Waals surface area (Å²) in [5.74, 6) is 0.754. The average molecular weight is 239 g/mol. The van der Waals surface area contributed by atoms with Crippen LogP contribution < -0.4 is 5.32 Å². The van der Waals surface area contributed by atoms with Crippen molar-refractivity contribution >= 4 is 23.4 Å². The number of benzene rings is 1. The lowest BCUT2D eigenvalue weighted by atomic mass is 10.3. The fourth-order valence-corrected chi connectivity index (χ4v) is 1.96. The molecule has 16 heavy (non-hydrogen) atoms. The smallest absolute Gasteiger partial charge is 0.225 e. The number of anilines is 1. The highest BCUT2D eigenvalue weighted by atomic mass is 32.2. The minimum Gasteiger partial charge on any atom is -0.395 e. The molecule has 0 saturated carbocycles. The number of carbonyl (C=O) groups excluding carboxylic acids is 1. The van der Waals surface area contributed by atoms with Crippen molar-refractivity contribution in [3.8, 4) is 0 Å². The predicted octanol–water partition coefficient (Wildman–Crippen LogP) is 2.13. The quantitative estimate of drug-likeness (QED) is 0.799. The Morgan fingerprint density at radius 1 is 1.44 bits per heavy atom. The molecule has 1 aromatic carbocycles. The number of nitrogens with one attached hydrogen (secondary N) is 1. The van der Waals surface area contributed by atoms with Crippen molar-refractivity contribution in [3.63, 3.8) is 0 Å². The Bertz CT molecular complexity index is 316. The van der Waals surface area contributed by atoms with E-state index >= 15 is 0 Å². The van der Waals surface area contributed by atoms with Gasteiger partial charge in [-0.05, 0) is 12.1 Å². The number of aliphatic hydroxyl groups is 1. The van der Waals surface area contributed by atoms with Crippen LogP contribution in [0.3, 0.4) is 0 Å². The lowest BCUT2D eigenvalue weighted by Gasteiger charge is -2.07. The number of hydrogen-bond donors (Lipinski definition) is 2. The monoisotopic (exact) mass is 239 g/mol. The van der Waals surface area contributed by atoms with Crippen LogP contribution in [0.5, 0.6) is 0 Å². The molecule has 1 unspecified atom stereocenters. The van der Waals surface area contributed by atoms with E-state index in [0.717, 1.165) is 11.4 Å². The molecular weight excluding hydrogens is 222 g/mol. The second-order valence-corrected chi connectivity index (χ2v) is 5.07. The third kappa shape index (κ3) is 5.19. The zero-order valence-electron chi connectivity index (χ0n) is 9.35. The average Bonchev–Trinajstić information content (AvgIpc) is 2.30. The van der Waals surface area contributed by atoms with Crippen molar-refractivity contribution in [2.24, 2.45) is 0 Å². The van der Waals surface area contributed by atoms with Gasteiger partial charge in [0.05, 0.1) is 6.61 Å². The molecule has 88 valence electrons. The molecule has 1 aromatic rings. The molecule has 4 heteroatoms. The standard InChI is InChI=1S/C12H17NO2S/c1-10(9-14)16-8-7-12(15)13-11-5-3-2-4-6-11/h2-6,10,14H,7-9H2,1H3,(H,13,15). The van der Waals surface area contributed by atoms with Crippen LogP contribution >= 0.6 is 11.8 Å². The first-order valence-corrected chi connectivity index (χ1v) is 6.34. The molecule has 0 aliphatic heterocycles. The van der Waals surface area contributed by atoms with Crippen molar-refractivity contribution in [1.82, 2.24) is 0 Å². The van der Waals surface area contributed by atoms with E-state index in [1.165, 1.54) is 0 Å². The second kappa shape index (κ2) is 7.30. The SMILES string of the molecule is CC(CO)SCCC(=O)Nc1ccccc1. The summed E-state index contributed by atoms with van der Waals surface area (Å²) in [6.07, 6.45) is 0.476. The van der Waals surface area contributed by atoms with Crippen LogP contribution in [0.4, 0.5) is 5.69 Å². The van der Waals surface area contributed by atoms with Gasteiger partial charge in [0.2, 0.25) is 5.91 Å². The molecule has 1 amide bonds. The summed E-state index contributed by atoms with van der Waals surface area (Å²) in [4.78, 5) is 11.5. The highest BCUT2D eigenvalue weighted by molar-refractivity contribution is 7.99. The molecule has 1 rings (SSSR count). The summed E-state index contributed by atoms with van der Waals surface area (Å²) < 4.78 is 0. The summed E-state index contributed by atoms with van der Waals surface area (Å²) in [6, 6.07) is 9.41. The molecule has 2 N–H and O–H groups in total. The number of para-hydroxylation sites is 1. The molecule has 1 atom stereocenters. The number of thioether (sulfide) groups is 1. The van der Waals surface area contributed by atoms with Gasteiger partial charge in [0, 0.05) is 23.1 Å². The van der Waals surface area contributed by atoms with Gasteiger partial charge in [0.25, 0.3) is 0 Å². The van der Waals surface area contributed by atoms with E-state index in [-0.39, 0.29) is 17.8 Å². The van der Waals surface area contributed by atoms with Gasteiger partial charge in [-0.1, -0.05) is 25.1 Å². The van der Waals surface area contributed by atoms with E-state index in [0.29, 0.717) is 6.42 Å². The van der Waals surface area contributed by atoms with Gasteiger partial charge in [-0.3, -0.25) is 4.79 Å². The summed E-state index contributed by atoms with van der Waals surface area (Å²) in [7, 11) is 0. The summed E-state index contributed by atoms with van der Waals surface area (Å²) in [6.45, 7) is 2.10. The zero-order valence-corrected chi connectivity index (χ0v) is 10.2. The van der Waals surface area contributed by atoms with Gasteiger partial charge in [0.15, 0.2) is 0 Å². The van der Waals surface area contributed by atoms with Gasteiger partial charge in [0.1, 0.15) is 0 Å². The Morgan fingerprint density at radius 3 is 2.75 bits per heavy atom. The van der Waals surface area contributed by atoms with Crippen LogP contribution in [0.15, 0.2) is 30.3 Å². The zero-order chi connectivity index (χ0) is 11.8. The Hall–Kier alpha value is -1.00. The lowest BCUT2D eigenvalue weighted by molar-refractivity contribution is -0.115.